The van der Waals surface area contributed by atoms with Gasteiger partial charge in [0, 0.05) is 6.54 Å². The Bertz CT molecular complexity index is 194. The second kappa shape index (κ2) is 2.31. The molecule has 10 heavy (non-hydrogen) atoms. The molecule has 1 aliphatic heterocycles. The zero-order chi connectivity index (χ0) is 7.61. The number of piperidine rings is 1. The van der Waals surface area contributed by atoms with Crippen LogP contribution in [-0.2, 0) is 4.79 Å². The van der Waals surface area contributed by atoms with Crippen molar-refractivity contribution < 1.29 is 9.90 Å². The van der Waals surface area contributed by atoms with Crippen LogP contribution in [0.3, 0.4) is 0 Å². The minimum absolute atomic E-state index is 0.370. The molecule has 3 heteroatoms. The summed E-state index contributed by atoms with van der Waals surface area (Å²) in [5.41, 5.74) is -1.54. The second-order valence-corrected chi connectivity index (χ2v) is 2.36. The number of aliphatic hydroxyl groups is 1. The Balaban J connectivity index is 2.75. The van der Waals surface area contributed by atoms with Crippen molar-refractivity contribution in [2.24, 2.45) is 0 Å². The van der Waals surface area contributed by atoms with Gasteiger partial charge in [0.05, 0.1) is 0 Å². The average molecular weight is 139 g/mol. The third-order valence-corrected chi connectivity index (χ3v) is 1.62. The number of amides is 1. The maximum Gasteiger partial charge on any atom is 0.264 e. The van der Waals surface area contributed by atoms with E-state index in [9.17, 15) is 9.90 Å². The standard InChI is InChI=1S/C7H9NO2/c1-2-7(10)4-3-5-8-6(7)9/h1,10H,3-5H2,(H,8,9). The summed E-state index contributed by atoms with van der Waals surface area (Å²) in [6.07, 6.45) is 6.08. The molecule has 0 aliphatic carbocycles. The first-order valence-electron chi connectivity index (χ1n) is 3.17. The van der Waals surface area contributed by atoms with E-state index in [1.54, 1.807) is 0 Å². The van der Waals surface area contributed by atoms with Crippen molar-refractivity contribution in [1.82, 2.24) is 5.32 Å². The summed E-state index contributed by atoms with van der Waals surface area (Å²) in [4.78, 5) is 10.8. The molecule has 1 unspecified atom stereocenters. The number of terminal acetylenes is 1. The Hall–Kier alpha value is -1.01. The van der Waals surface area contributed by atoms with Gasteiger partial charge in [0.15, 0.2) is 0 Å². The molecule has 1 amide bonds. The van der Waals surface area contributed by atoms with Gasteiger partial charge in [-0.2, -0.15) is 0 Å². The summed E-state index contributed by atoms with van der Waals surface area (Å²) in [5, 5.41) is 11.8. The molecule has 1 atom stereocenters. The number of carbonyl (C=O) groups excluding carboxylic acids is 1. The van der Waals surface area contributed by atoms with Crippen LogP contribution in [0.4, 0.5) is 0 Å². The first kappa shape index (κ1) is 7.10. The summed E-state index contributed by atoms with van der Waals surface area (Å²) in [7, 11) is 0. The van der Waals surface area contributed by atoms with Gasteiger partial charge in [0.25, 0.3) is 5.91 Å². The van der Waals surface area contributed by atoms with Crippen molar-refractivity contribution in [3.8, 4) is 12.3 Å². The Morgan fingerprint density at radius 3 is 2.90 bits per heavy atom. The van der Waals surface area contributed by atoms with Gasteiger partial charge in [0.2, 0.25) is 5.60 Å². The predicted molar refractivity (Wildman–Crippen MR) is 36.0 cm³/mol. The molecular weight excluding hydrogens is 130 g/mol. The van der Waals surface area contributed by atoms with E-state index in [1.807, 2.05) is 0 Å². The Labute approximate surface area is 59.4 Å². The molecule has 0 aromatic rings. The van der Waals surface area contributed by atoms with Gasteiger partial charge >= 0.3 is 0 Å². The monoisotopic (exact) mass is 139 g/mol. The van der Waals surface area contributed by atoms with E-state index in [4.69, 9.17) is 6.42 Å². The van der Waals surface area contributed by atoms with Crippen molar-refractivity contribution in [2.45, 2.75) is 18.4 Å². The summed E-state index contributed by atoms with van der Waals surface area (Å²) >= 11 is 0. The molecule has 54 valence electrons. The predicted octanol–water partition coefficient (Wildman–Crippen LogP) is -0.739. The van der Waals surface area contributed by atoms with E-state index >= 15 is 0 Å². The molecule has 1 rings (SSSR count). The SMILES string of the molecule is C#CC1(O)CCCNC1=O. The number of hydrogen-bond acceptors (Lipinski definition) is 2. The van der Waals surface area contributed by atoms with E-state index in [-0.39, 0.29) is 0 Å². The van der Waals surface area contributed by atoms with Gasteiger partial charge in [-0.3, -0.25) is 4.79 Å². The Morgan fingerprint density at radius 1 is 1.80 bits per heavy atom. The molecule has 0 saturated carbocycles. The minimum atomic E-state index is -1.54. The molecule has 0 spiro atoms. The number of carbonyl (C=O) groups is 1. The lowest BCUT2D eigenvalue weighted by Gasteiger charge is -2.25. The summed E-state index contributed by atoms with van der Waals surface area (Å²) in [5.74, 6) is 1.63. The van der Waals surface area contributed by atoms with Crippen LogP contribution in [0.5, 0.6) is 0 Å². The normalized spacial score (nSPS) is 32.6. The fourth-order valence-corrected chi connectivity index (χ4v) is 0.944. The molecule has 1 fully saturated rings. The van der Waals surface area contributed by atoms with E-state index < -0.39 is 11.5 Å². The zero-order valence-electron chi connectivity index (χ0n) is 5.55. The average Bonchev–Trinajstić information content (AvgIpc) is 1.96. The number of hydrogen-bond donors (Lipinski definition) is 2. The van der Waals surface area contributed by atoms with Crippen LogP contribution < -0.4 is 5.32 Å². The van der Waals surface area contributed by atoms with Gasteiger partial charge in [0.1, 0.15) is 0 Å². The van der Waals surface area contributed by atoms with E-state index in [2.05, 4.69) is 11.2 Å². The summed E-state index contributed by atoms with van der Waals surface area (Å²) < 4.78 is 0. The Morgan fingerprint density at radius 2 is 2.50 bits per heavy atom. The lowest BCUT2D eigenvalue weighted by Crippen LogP contribution is -2.50. The fraction of sp³-hybridized carbons (Fsp3) is 0.571. The first-order valence-corrected chi connectivity index (χ1v) is 3.17. The van der Waals surface area contributed by atoms with E-state index in [0.29, 0.717) is 13.0 Å². The minimum Gasteiger partial charge on any atom is -0.369 e. The van der Waals surface area contributed by atoms with Crippen LogP contribution in [0.2, 0.25) is 0 Å². The van der Waals surface area contributed by atoms with E-state index in [0.717, 1.165) is 6.42 Å². The molecule has 1 aliphatic rings. The summed E-state index contributed by atoms with van der Waals surface area (Å²) in [6.45, 7) is 0.614. The van der Waals surface area contributed by atoms with Gasteiger partial charge < -0.3 is 10.4 Å². The maximum atomic E-state index is 10.8. The maximum absolute atomic E-state index is 10.8. The molecule has 3 nitrogen and oxygen atoms in total. The number of rotatable bonds is 0. The zero-order valence-corrected chi connectivity index (χ0v) is 5.55. The van der Waals surface area contributed by atoms with Gasteiger partial charge in [-0.15, -0.1) is 6.42 Å². The van der Waals surface area contributed by atoms with Crippen LogP contribution in [-0.4, -0.2) is 23.2 Å². The highest BCUT2D eigenvalue weighted by atomic mass is 16.3. The molecular formula is C7H9NO2. The first-order chi connectivity index (χ1) is 4.69. The van der Waals surface area contributed by atoms with Crippen LogP contribution >= 0.6 is 0 Å². The van der Waals surface area contributed by atoms with E-state index in [1.165, 1.54) is 0 Å². The summed E-state index contributed by atoms with van der Waals surface area (Å²) in [6, 6.07) is 0. The highest BCUT2D eigenvalue weighted by Crippen LogP contribution is 2.14. The van der Waals surface area contributed by atoms with Gasteiger partial charge in [-0.1, -0.05) is 5.92 Å². The van der Waals surface area contributed by atoms with Crippen LogP contribution in [0.1, 0.15) is 12.8 Å². The highest BCUT2D eigenvalue weighted by Gasteiger charge is 2.35. The molecule has 1 saturated heterocycles. The molecule has 0 bridgehead atoms. The lowest BCUT2D eigenvalue weighted by atomic mass is 9.94. The van der Waals surface area contributed by atoms with Crippen LogP contribution in [0, 0.1) is 12.3 Å². The van der Waals surface area contributed by atoms with Crippen molar-refractivity contribution in [3.05, 3.63) is 0 Å². The van der Waals surface area contributed by atoms with Gasteiger partial charge in [-0.05, 0) is 12.8 Å². The fourth-order valence-electron chi connectivity index (χ4n) is 0.944. The third kappa shape index (κ3) is 0.981. The lowest BCUT2D eigenvalue weighted by molar-refractivity contribution is -0.137. The van der Waals surface area contributed by atoms with Crippen molar-refractivity contribution >= 4 is 5.91 Å². The van der Waals surface area contributed by atoms with Gasteiger partial charge in [-0.25, -0.2) is 0 Å². The second-order valence-electron chi connectivity index (χ2n) is 2.36. The van der Waals surface area contributed by atoms with Crippen molar-refractivity contribution in [3.63, 3.8) is 0 Å². The molecule has 0 aromatic carbocycles. The topological polar surface area (TPSA) is 49.3 Å². The highest BCUT2D eigenvalue weighted by molar-refractivity contribution is 5.88. The van der Waals surface area contributed by atoms with Crippen molar-refractivity contribution in [1.29, 1.82) is 0 Å². The molecule has 1 heterocycles. The quantitative estimate of drug-likeness (QED) is 0.434. The number of nitrogens with one attached hydrogen (secondary N) is 1. The molecule has 2 N–H and O–H groups in total. The molecule has 0 aromatic heterocycles. The largest absolute Gasteiger partial charge is 0.369 e. The van der Waals surface area contributed by atoms with Crippen LogP contribution in [0.25, 0.3) is 0 Å². The molecule has 0 radical (unpaired) electrons. The smallest absolute Gasteiger partial charge is 0.264 e. The Kier molecular flexibility index (Phi) is 1.64. The van der Waals surface area contributed by atoms with Crippen LogP contribution in [0.15, 0.2) is 0 Å². The van der Waals surface area contributed by atoms with Crippen molar-refractivity contribution in [2.75, 3.05) is 6.54 Å². The third-order valence-electron chi connectivity index (χ3n) is 1.62.